The van der Waals surface area contributed by atoms with Crippen LogP contribution in [0.15, 0.2) is 52.3 Å². The molecule has 5 rings (SSSR count). The van der Waals surface area contributed by atoms with Gasteiger partial charge in [0.1, 0.15) is 0 Å². The number of allylic oxidation sites excluding steroid dienone is 1. The van der Waals surface area contributed by atoms with E-state index in [9.17, 15) is 19.2 Å². The summed E-state index contributed by atoms with van der Waals surface area (Å²) in [6, 6.07) is 4.96. The molecule has 0 radical (unpaired) electrons. The molecule has 3 aliphatic rings. The second-order valence-corrected chi connectivity index (χ2v) is 14.4. The number of amides is 2. The van der Waals surface area contributed by atoms with Crippen LogP contribution in [0.25, 0.3) is 0 Å². The van der Waals surface area contributed by atoms with Gasteiger partial charge in [-0.3, -0.25) is 14.5 Å². The molecule has 1 atom stereocenters. The summed E-state index contributed by atoms with van der Waals surface area (Å²) < 4.78 is 10.5. The molecule has 2 amide bonds. The van der Waals surface area contributed by atoms with Crippen LogP contribution in [0, 0.1) is 0 Å². The van der Waals surface area contributed by atoms with Crippen molar-refractivity contribution >= 4 is 58.3 Å². The fourth-order valence-corrected chi connectivity index (χ4v) is 8.56. The van der Waals surface area contributed by atoms with Crippen molar-refractivity contribution in [2.75, 3.05) is 46.9 Å². The highest BCUT2D eigenvalue weighted by Gasteiger charge is 2.43. The predicted molar refractivity (Wildman–Crippen MR) is 188 cm³/mol. The number of aromatic nitrogens is 1. The van der Waals surface area contributed by atoms with Gasteiger partial charge in [0, 0.05) is 90.2 Å². The van der Waals surface area contributed by atoms with Gasteiger partial charge in [-0.1, -0.05) is 48.5 Å². The summed E-state index contributed by atoms with van der Waals surface area (Å²) in [5.74, 6) is -2.67. The van der Waals surface area contributed by atoms with Crippen LogP contribution in [0.5, 0.6) is 0 Å². The fourth-order valence-electron chi connectivity index (χ4n) is 7.33. The number of thiazole rings is 1. The molecule has 14 heteroatoms. The number of esters is 2. The van der Waals surface area contributed by atoms with Gasteiger partial charge >= 0.3 is 11.9 Å². The average Bonchev–Trinajstić information content (AvgIpc) is 3.63. The van der Waals surface area contributed by atoms with E-state index in [0.29, 0.717) is 62.5 Å². The summed E-state index contributed by atoms with van der Waals surface area (Å²) in [4.78, 5) is 61.7. The van der Waals surface area contributed by atoms with E-state index >= 15 is 0 Å². The van der Waals surface area contributed by atoms with Gasteiger partial charge in [0.25, 0.3) is 0 Å². The number of piperazine rings is 1. The van der Waals surface area contributed by atoms with Crippen molar-refractivity contribution in [3.05, 3.63) is 72.9 Å². The first-order valence-electron chi connectivity index (χ1n) is 16.6. The maximum absolute atomic E-state index is 14.1. The maximum atomic E-state index is 14.1. The number of methoxy groups -OCH3 is 2. The quantitative estimate of drug-likeness (QED) is 0.307. The third-order valence-electron chi connectivity index (χ3n) is 9.78. The third kappa shape index (κ3) is 8.30. The Labute approximate surface area is 301 Å². The van der Waals surface area contributed by atoms with E-state index in [-0.39, 0.29) is 45.0 Å². The number of halogens is 2. The van der Waals surface area contributed by atoms with Crippen molar-refractivity contribution < 1.29 is 28.7 Å². The van der Waals surface area contributed by atoms with Crippen LogP contribution < -0.4 is 10.6 Å². The molecule has 0 spiro atoms. The second-order valence-electron chi connectivity index (χ2n) is 12.6. The van der Waals surface area contributed by atoms with E-state index < -0.39 is 17.9 Å². The lowest BCUT2D eigenvalue weighted by atomic mass is 9.78. The molecule has 49 heavy (non-hydrogen) atoms. The minimum Gasteiger partial charge on any atom is -0.466 e. The van der Waals surface area contributed by atoms with Crippen molar-refractivity contribution in [3.63, 3.8) is 0 Å². The number of nitrogens with zero attached hydrogens (tertiary/aromatic N) is 3. The van der Waals surface area contributed by atoms with Crippen molar-refractivity contribution in [1.82, 2.24) is 25.4 Å². The summed E-state index contributed by atoms with van der Waals surface area (Å²) in [5.41, 5.74) is 1.26. The Bertz CT molecular complexity index is 1590. The molecule has 0 bridgehead atoms. The number of carbonyl (C=O) groups is 4. The Morgan fingerprint density at radius 2 is 1.59 bits per heavy atom. The zero-order chi connectivity index (χ0) is 35.1. The van der Waals surface area contributed by atoms with Crippen LogP contribution in [0.3, 0.4) is 0 Å². The molecule has 11 nitrogen and oxygen atoms in total. The number of hydrogen-bond acceptors (Lipinski definition) is 10. The predicted octanol–water partition coefficient (Wildman–Crippen LogP) is 5.00. The number of carbonyl (C=O) groups excluding carboxylic acids is 4. The van der Waals surface area contributed by atoms with E-state index in [2.05, 4.69) is 20.5 Å². The van der Waals surface area contributed by atoms with Gasteiger partial charge in [0.05, 0.1) is 42.7 Å². The first-order chi connectivity index (χ1) is 23.6. The van der Waals surface area contributed by atoms with Crippen LogP contribution in [0.4, 0.5) is 0 Å². The van der Waals surface area contributed by atoms with Gasteiger partial charge in [-0.15, -0.1) is 11.3 Å². The molecule has 1 aromatic heterocycles. The molecule has 2 aromatic rings. The summed E-state index contributed by atoms with van der Waals surface area (Å²) in [6.07, 6.45) is 7.83. The number of nitrogens with one attached hydrogen (secondary N) is 2. The highest BCUT2D eigenvalue weighted by atomic mass is 35.5. The molecule has 2 fully saturated rings. The summed E-state index contributed by atoms with van der Waals surface area (Å²) in [5, 5.41) is 9.58. The lowest BCUT2D eigenvalue weighted by Gasteiger charge is -2.50. The molecular formula is C35H43Cl2N5O6S. The van der Waals surface area contributed by atoms with Crippen molar-refractivity contribution in [2.45, 2.75) is 69.7 Å². The number of dihydropyridines is 1. The van der Waals surface area contributed by atoms with Gasteiger partial charge in [-0.2, -0.15) is 0 Å². The SMILES string of the molecule is COC(=O)C1=C(CCc2nccs2)NC(CC(=O)N2CCN(C3(CNC(C)=O)CCCCC3)CC2)=C(C(=O)OC)C1c1c(Cl)cccc1Cl. The van der Waals surface area contributed by atoms with E-state index in [1.807, 2.05) is 5.38 Å². The molecule has 264 valence electrons. The van der Waals surface area contributed by atoms with Gasteiger partial charge in [0.15, 0.2) is 0 Å². The number of rotatable bonds is 11. The minimum absolute atomic E-state index is 0.0414. The van der Waals surface area contributed by atoms with E-state index in [4.69, 9.17) is 32.7 Å². The Hall–Kier alpha value is -3.45. The van der Waals surface area contributed by atoms with Gasteiger partial charge in [-0.05, 0) is 31.4 Å². The van der Waals surface area contributed by atoms with Crippen LogP contribution in [0.1, 0.15) is 68.4 Å². The Balaban J connectivity index is 1.47. The van der Waals surface area contributed by atoms with E-state index in [1.165, 1.54) is 32.0 Å². The summed E-state index contributed by atoms with van der Waals surface area (Å²) in [7, 11) is 2.52. The fraction of sp³-hybridized carbons (Fsp3) is 0.514. The van der Waals surface area contributed by atoms with Crippen LogP contribution in [0.2, 0.25) is 10.0 Å². The molecular weight excluding hydrogens is 689 g/mol. The minimum atomic E-state index is -1.06. The van der Waals surface area contributed by atoms with E-state index in [0.717, 1.165) is 30.7 Å². The summed E-state index contributed by atoms with van der Waals surface area (Å²) >= 11 is 15.0. The number of benzene rings is 1. The summed E-state index contributed by atoms with van der Waals surface area (Å²) in [6.45, 7) is 4.49. The molecule has 1 unspecified atom stereocenters. The van der Waals surface area contributed by atoms with Gasteiger partial charge in [0.2, 0.25) is 11.8 Å². The van der Waals surface area contributed by atoms with Gasteiger partial charge in [-0.25, -0.2) is 14.6 Å². The van der Waals surface area contributed by atoms with Crippen LogP contribution >= 0.6 is 34.5 Å². The third-order valence-corrected chi connectivity index (χ3v) is 11.3. The Morgan fingerprint density at radius 3 is 2.16 bits per heavy atom. The molecule has 1 aliphatic carbocycles. The van der Waals surface area contributed by atoms with Crippen molar-refractivity contribution in [3.8, 4) is 0 Å². The largest absolute Gasteiger partial charge is 0.466 e. The monoisotopic (exact) mass is 731 g/mol. The van der Waals surface area contributed by atoms with Crippen LogP contribution in [-0.2, 0) is 35.1 Å². The van der Waals surface area contributed by atoms with Crippen molar-refractivity contribution in [2.24, 2.45) is 0 Å². The smallest absolute Gasteiger partial charge is 0.336 e. The standard InChI is InChI=1S/C35H43Cl2N5O6S/c1-22(43)39-21-35(12-5-4-6-13-35)42-17-15-41(16-18-42)28(44)20-26-31(34(46)48-3)32(29-23(36)8-7-9-24(29)37)30(33(45)47-2)25(40-26)10-11-27-38-14-19-49-27/h7-9,14,19,32,40H,4-6,10-13,15-18,20-21H2,1-3H3,(H,39,43). The molecule has 2 aliphatic heterocycles. The number of ether oxygens (including phenoxy) is 2. The highest BCUT2D eigenvalue weighted by Crippen LogP contribution is 2.46. The Kier molecular flexibility index (Phi) is 12.4. The van der Waals surface area contributed by atoms with Crippen LogP contribution in [-0.4, -0.2) is 91.0 Å². The van der Waals surface area contributed by atoms with E-state index in [1.54, 1.807) is 36.2 Å². The molecule has 1 saturated carbocycles. The lowest BCUT2D eigenvalue weighted by molar-refractivity contribution is -0.137. The first kappa shape index (κ1) is 36.8. The van der Waals surface area contributed by atoms with Crippen molar-refractivity contribution in [1.29, 1.82) is 0 Å². The number of aryl methyl sites for hydroxylation is 1. The number of hydrogen-bond donors (Lipinski definition) is 2. The Morgan fingerprint density at radius 1 is 0.959 bits per heavy atom. The highest BCUT2D eigenvalue weighted by molar-refractivity contribution is 7.09. The first-order valence-corrected chi connectivity index (χ1v) is 18.2. The van der Waals surface area contributed by atoms with Gasteiger partial charge < -0.3 is 25.0 Å². The average molecular weight is 733 g/mol. The maximum Gasteiger partial charge on any atom is 0.336 e. The zero-order valence-corrected chi connectivity index (χ0v) is 30.4. The molecule has 1 aromatic carbocycles. The molecule has 1 saturated heterocycles. The second kappa shape index (κ2) is 16.5. The normalized spacial score (nSPS) is 19.7. The lowest BCUT2D eigenvalue weighted by Crippen LogP contribution is -2.62. The zero-order valence-electron chi connectivity index (χ0n) is 28.1. The topological polar surface area (TPSA) is 130 Å². The molecule has 3 heterocycles. The molecule has 2 N–H and O–H groups in total.